The van der Waals surface area contributed by atoms with E-state index in [0.717, 1.165) is 22.3 Å². The van der Waals surface area contributed by atoms with Crippen LogP contribution < -0.4 is 4.90 Å². The molecule has 49 heavy (non-hydrogen) atoms. The van der Waals surface area contributed by atoms with Gasteiger partial charge >= 0.3 is 0 Å². The van der Waals surface area contributed by atoms with Crippen LogP contribution in [0, 0.1) is 0 Å². The molecule has 0 radical (unpaired) electrons. The number of nitrogens with zero attached hydrogens (tertiary/aromatic N) is 7. The largest absolute Gasteiger partial charge is 0.303 e. The quantitative estimate of drug-likeness (QED) is 0.180. The summed E-state index contributed by atoms with van der Waals surface area (Å²) in [6.45, 7) is 4.55. The molecule has 0 unspecified atom stereocenters. The Bertz CT molecular complexity index is 2730. The van der Waals surface area contributed by atoms with E-state index in [9.17, 15) is 0 Å². The van der Waals surface area contributed by atoms with Gasteiger partial charge < -0.3 is 4.90 Å². The van der Waals surface area contributed by atoms with Crippen molar-refractivity contribution in [1.29, 1.82) is 0 Å². The van der Waals surface area contributed by atoms with Gasteiger partial charge in [0.15, 0.2) is 16.6 Å². The van der Waals surface area contributed by atoms with E-state index >= 15 is 0 Å². The molecule has 0 fully saturated rings. The van der Waals surface area contributed by atoms with E-state index in [-0.39, 0.29) is 5.41 Å². The number of hydrogen-bond donors (Lipinski definition) is 0. The average Bonchev–Trinajstić information content (AvgIpc) is 3.96. The minimum absolute atomic E-state index is 0.146. The lowest BCUT2D eigenvalue weighted by Gasteiger charge is -2.26. The fourth-order valence-electron chi connectivity index (χ4n) is 7.48. The summed E-state index contributed by atoms with van der Waals surface area (Å²) in [5.74, 6) is 0. The minimum Gasteiger partial charge on any atom is -0.303 e. The highest BCUT2D eigenvalue weighted by Gasteiger charge is 2.37. The molecular formula is C39H25N7O3. The average molecular weight is 640 g/mol. The van der Waals surface area contributed by atoms with Crippen molar-refractivity contribution in [3.05, 3.63) is 126 Å². The summed E-state index contributed by atoms with van der Waals surface area (Å²) < 4.78 is 16.1. The van der Waals surface area contributed by atoms with Crippen LogP contribution in [0.1, 0.15) is 25.0 Å². The van der Waals surface area contributed by atoms with Crippen LogP contribution in [-0.4, -0.2) is 30.9 Å². The lowest BCUT2D eigenvalue weighted by molar-refractivity contribution is 0.315. The summed E-state index contributed by atoms with van der Waals surface area (Å²) in [7, 11) is 0. The van der Waals surface area contributed by atoms with Crippen LogP contribution in [0.15, 0.2) is 129 Å². The van der Waals surface area contributed by atoms with Crippen LogP contribution in [-0.2, 0) is 5.41 Å². The molecule has 0 saturated heterocycles. The minimum atomic E-state index is -0.146. The Morgan fingerprint density at radius 1 is 0.429 bits per heavy atom. The van der Waals surface area contributed by atoms with Crippen molar-refractivity contribution in [3.63, 3.8) is 0 Å². The molecule has 234 valence electrons. The van der Waals surface area contributed by atoms with Crippen LogP contribution in [0.4, 0.5) is 17.1 Å². The van der Waals surface area contributed by atoms with Crippen LogP contribution in [0.5, 0.6) is 0 Å². The summed E-state index contributed by atoms with van der Waals surface area (Å²) in [6, 6.07) is 39.0. The lowest BCUT2D eigenvalue weighted by atomic mass is 9.82. The Morgan fingerprint density at radius 3 is 1.80 bits per heavy atom. The van der Waals surface area contributed by atoms with E-state index in [1.807, 2.05) is 71.6 Å². The monoisotopic (exact) mass is 639 g/mol. The first-order valence-corrected chi connectivity index (χ1v) is 15.9. The summed E-state index contributed by atoms with van der Waals surface area (Å²) in [4.78, 5) is 2.01. The SMILES string of the molecule is CC1(C)c2ccccc2-c2c(-c3ccc(N(c4cccc5nonc45)c4ccc(-c5ccccc5)c5nonc45)c4nonc34)cccc21. The standard InChI is InChI=1S/C39H25N7O3/c1-39(2)27-14-7-6-12-26(27)33-24(13-8-15-28(33)39)25-19-21-32(38-35(25)42-49-45-38)46(30-17-9-16-29-36(30)43-47-40-29)31-20-18-23(22-10-4-3-5-11-22)34-37(31)44-48-41-34/h3-21H,1-2H3. The Morgan fingerprint density at radius 2 is 1.00 bits per heavy atom. The van der Waals surface area contributed by atoms with Gasteiger partial charge in [-0.3, -0.25) is 0 Å². The maximum atomic E-state index is 5.52. The molecule has 0 amide bonds. The third-order valence-electron chi connectivity index (χ3n) is 9.76. The molecule has 0 atom stereocenters. The van der Waals surface area contributed by atoms with Crippen molar-refractivity contribution in [1.82, 2.24) is 30.9 Å². The van der Waals surface area contributed by atoms with Crippen LogP contribution >= 0.6 is 0 Å². The third-order valence-corrected chi connectivity index (χ3v) is 9.76. The second-order valence-corrected chi connectivity index (χ2v) is 12.7. The smallest absolute Gasteiger partial charge is 0.159 e. The van der Waals surface area contributed by atoms with Gasteiger partial charge in [0.1, 0.15) is 16.6 Å². The highest BCUT2D eigenvalue weighted by molar-refractivity contribution is 6.10. The van der Waals surface area contributed by atoms with Gasteiger partial charge in [-0.15, -0.1) is 0 Å². The number of rotatable bonds is 5. The van der Waals surface area contributed by atoms with Crippen molar-refractivity contribution >= 4 is 50.2 Å². The molecule has 10 heteroatoms. The highest BCUT2D eigenvalue weighted by atomic mass is 16.6. The first-order valence-electron chi connectivity index (χ1n) is 15.9. The van der Waals surface area contributed by atoms with Crippen molar-refractivity contribution in [2.45, 2.75) is 19.3 Å². The van der Waals surface area contributed by atoms with Gasteiger partial charge in [0, 0.05) is 16.5 Å². The second kappa shape index (κ2) is 10.2. The van der Waals surface area contributed by atoms with E-state index in [4.69, 9.17) is 13.9 Å². The predicted octanol–water partition coefficient (Wildman–Crippen LogP) is 9.41. The molecule has 9 aromatic rings. The molecule has 0 saturated carbocycles. The van der Waals surface area contributed by atoms with Crippen molar-refractivity contribution < 1.29 is 13.9 Å². The predicted molar refractivity (Wildman–Crippen MR) is 186 cm³/mol. The first-order chi connectivity index (χ1) is 24.1. The fourth-order valence-corrected chi connectivity index (χ4v) is 7.48. The summed E-state index contributed by atoms with van der Waals surface area (Å²) >= 11 is 0. The molecule has 3 aromatic heterocycles. The number of hydrogen-bond acceptors (Lipinski definition) is 10. The summed E-state index contributed by atoms with van der Waals surface area (Å²) in [5, 5.41) is 26.1. The zero-order chi connectivity index (χ0) is 32.7. The number of aromatic nitrogens is 6. The molecular weight excluding hydrogens is 614 g/mol. The molecule has 3 heterocycles. The molecule has 10 rings (SSSR count). The maximum Gasteiger partial charge on any atom is 0.159 e. The van der Waals surface area contributed by atoms with Gasteiger partial charge in [0.25, 0.3) is 0 Å². The van der Waals surface area contributed by atoms with Gasteiger partial charge in [0.2, 0.25) is 0 Å². The normalized spacial score (nSPS) is 13.3. The zero-order valence-electron chi connectivity index (χ0n) is 26.3. The van der Waals surface area contributed by atoms with E-state index in [2.05, 4.69) is 93.3 Å². The summed E-state index contributed by atoms with van der Waals surface area (Å²) in [6.07, 6.45) is 0. The molecule has 0 aliphatic heterocycles. The third kappa shape index (κ3) is 3.88. The van der Waals surface area contributed by atoms with Gasteiger partial charge in [0.05, 0.1) is 17.1 Å². The number of benzene rings is 6. The van der Waals surface area contributed by atoms with Crippen LogP contribution in [0.25, 0.3) is 66.5 Å². The van der Waals surface area contributed by atoms with Crippen molar-refractivity contribution in [2.75, 3.05) is 4.90 Å². The Labute approximate surface area is 278 Å². The topological polar surface area (TPSA) is 120 Å². The van der Waals surface area contributed by atoms with Crippen LogP contribution in [0.2, 0.25) is 0 Å². The van der Waals surface area contributed by atoms with E-state index in [1.165, 1.54) is 22.3 Å². The molecule has 6 aromatic carbocycles. The van der Waals surface area contributed by atoms with Gasteiger partial charge in [-0.25, -0.2) is 13.9 Å². The molecule has 1 aliphatic carbocycles. The Balaban J connectivity index is 1.23. The highest BCUT2D eigenvalue weighted by Crippen LogP contribution is 2.53. The second-order valence-electron chi connectivity index (χ2n) is 12.7. The molecule has 1 aliphatic rings. The van der Waals surface area contributed by atoms with E-state index < -0.39 is 0 Å². The maximum absolute atomic E-state index is 5.52. The fraction of sp³-hybridized carbons (Fsp3) is 0.0769. The van der Waals surface area contributed by atoms with E-state index in [0.29, 0.717) is 50.2 Å². The first kappa shape index (κ1) is 27.4. The van der Waals surface area contributed by atoms with Gasteiger partial charge in [-0.05, 0) is 101 Å². The number of anilines is 3. The van der Waals surface area contributed by atoms with Gasteiger partial charge in [-0.1, -0.05) is 92.7 Å². The Hall–Kier alpha value is -6.68. The molecule has 0 spiro atoms. The molecule has 10 nitrogen and oxygen atoms in total. The van der Waals surface area contributed by atoms with Crippen molar-refractivity contribution in [3.8, 4) is 33.4 Å². The summed E-state index contributed by atoms with van der Waals surface area (Å²) in [5.41, 5.74) is 14.3. The van der Waals surface area contributed by atoms with E-state index in [1.54, 1.807) is 0 Å². The van der Waals surface area contributed by atoms with Crippen LogP contribution in [0.3, 0.4) is 0 Å². The van der Waals surface area contributed by atoms with Gasteiger partial charge in [-0.2, -0.15) is 0 Å². The zero-order valence-corrected chi connectivity index (χ0v) is 26.3. The Kier molecular flexibility index (Phi) is 5.69. The molecule has 0 bridgehead atoms. The molecule has 0 N–H and O–H groups in total. The number of fused-ring (bicyclic) bond motifs is 6. The lowest BCUT2D eigenvalue weighted by Crippen LogP contribution is -2.14. The van der Waals surface area contributed by atoms with Crippen molar-refractivity contribution in [2.24, 2.45) is 0 Å².